The number of anilines is 1. The standard InChI is InChI=1S/C17H11Cl2F3N6OS/c1-7-10-5-12(13(29)23-16-24-15(25-26-16)17(20,21)22)30-14(10)28(27-7)6-8-2-3-9(18)4-11(8)19/h2-5H,6H2,1H3,(H2,23,24,25,26,29). The first-order valence-corrected chi connectivity index (χ1v) is 9.91. The lowest BCUT2D eigenvalue weighted by Gasteiger charge is -2.05. The fourth-order valence-corrected chi connectivity index (χ4v) is 4.28. The van der Waals surface area contributed by atoms with Crippen LogP contribution < -0.4 is 5.32 Å². The molecule has 0 aliphatic rings. The number of hydrogen-bond donors (Lipinski definition) is 2. The van der Waals surface area contributed by atoms with Crippen molar-refractivity contribution in [3.8, 4) is 0 Å². The largest absolute Gasteiger partial charge is 0.451 e. The Balaban J connectivity index is 1.59. The van der Waals surface area contributed by atoms with E-state index >= 15 is 0 Å². The van der Waals surface area contributed by atoms with E-state index in [2.05, 4.69) is 20.5 Å². The van der Waals surface area contributed by atoms with Crippen LogP contribution >= 0.6 is 34.5 Å². The number of amides is 1. The molecule has 1 aromatic carbocycles. The number of carbonyl (C=O) groups is 1. The number of nitrogens with one attached hydrogen (secondary N) is 2. The number of hydrogen-bond acceptors (Lipinski definition) is 5. The quantitative estimate of drug-likeness (QED) is 0.427. The Bertz CT molecular complexity index is 1260. The summed E-state index contributed by atoms with van der Waals surface area (Å²) in [7, 11) is 0. The number of H-pyrrole nitrogens is 1. The molecule has 0 atom stereocenters. The number of nitrogens with zero attached hydrogens (tertiary/aromatic N) is 4. The molecule has 13 heteroatoms. The minimum atomic E-state index is -4.68. The topological polar surface area (TPSA) is 88.5 Å². The number of thiophene rings is 1. The number of benzene rings is 1. The van der Waals surface area contributed by atoms with Gasteiger partial charge in [0.05, 0.1) is 17.1 Å². The molecule has 0 saturated heterocycles. The molecule has 0 aliphatic carbocycles. The van der Waals surface area contributed by atoms with Crippen LogP contribution in [0.25, 0.3) is 10.2 Å². The van der Waals surface area contributed by atoms with Gasteiger partial charge in [0.2, 0.25) is 11.8 Å². The van der Waals surface area contributed by atoms with Gasteiger partial charge in [-0.25, -0.2) is 0 Å². The van der Waals surface area contributed by atoms with Gasteiger partial charge in [-0.1, -0.05) is 29.3 Å². The van der Waals surface area contributed by atoms with E-state index in [-0.39, 0.29) is 4.88 Å². The van der Waals surface area contributed by atoms with E-state index in [0.717, 1.165) is 27.1 Å². The van der Waals surface area contributed by atoms with Gasteiger partial charge in [-0.05, 0) is 30.7 Å². The lowest BCUT2D eigenvalue weighted by atomic mass is 10.2. The van der Waals surface area contributed by atoms with Crippen molar-refractivity contribution in [3.63, 3.8) is 0 Å². The van der Waals surface area contributed by atoms with E-state index in [4.69, 9.17) is 23.2 Å². The third-order valence-corrected chi connectivity index (χ3v) is 5.88. The fourth-order valence-electron chi connectivity index (χ4n) is 2.75. The summed E-state index contributed by atoms with van der Waals surface area (Å²) >= 11 is 13.3. The summed E-state index contributed by atoms with van der Waals surface area (Å²) in [6.45, 7) is 2.15. The van der Waals surface area contributed by atoms with Crippen molar-refractivity contribution >= 4 is 56.6 Å². The number of halogens is 5. The van der Waals surface area contributed by atoms with Gasteiger partial charge in [0, 0.05) is 15.4 Å². The Morgan fingerprint density at radius 2 is 2.07 bits per heavy atom. The zero-order chi connectivity index (χ0) is 21.6. The number of rotatable bonds is 4. The Morgan fingerprint density at radius 1 is 1.30 bits per heavy atom. The first-order chi connectivity index (χ1) is 14.1. The van der Waals surface area contributed by atoms with Gasteiger partial charge in [0.1, 0.15) is 4.83 Å². The third-order valence-electron chi connectivity index (χ3n) is 4.15. The highest BCUT2D eigenvalue weighted by Crippen LogP contribution is 2.31. The van der Waals surface area contributed by atoms with Crippen molar-refractivity contribution in [2.45, 2.75) is 19.6 Å². The molecule has 0 saturated carbocycles. The average Bonchev–Trinajstić information content (AvgIpc) is 3.35. The van der Waals surface area contributed by atoms with E-state index in [1.165, 1.54) is 0 Å². The van der Waals surface area contributed by atoms with Crippen LogP contribution in [-0.4, -0.2) is 30.9 Å². The number of carbonyl (C=O) groups excluding carboxylic acids is 1. The first-order valence-electron chi connectivity index (χ1n) is 8.33. The predicted molar refractivity (Wildman–Crippen MR) is 107 cm³/mol. The Hall–Kier alpha value is -2.63. The lowest BCUT2D eigenvalue weighted by molar-refractivity contribution is -0.144. The van der Waals surface area contributed by atoms with E-state index in [0.29, 0.717) is 22.3 Å². The summed E-state index contributed by atoms with van der Waals surface area (Å²) in [6, 6.07) is 6.76. The molecular weight excluding hydrogens is 464 g/mol. The normalized spacial score (nSPS) is 11.9. The van der Waals surface area contributed by atoms with Gasteiger partial charge in [-0.2, -0.15) is 23.3 Å². The molecule has 156 valence electrons. The summed E-state index contributed by atoms with van der Waals surface area (Å²) < 4.78 is 39.5. The maximum absolute atomic E-state index is 12.6. The smallest absolute Gasteiger partial charge is 0.288 e. The van der Waals surface area contributed by atoms with Crippen LogP contribution in [0.1, 0.15) is 26.8 Å². The van der Waals surface area contributed by atoms with Gasteiger partial charge in [0.15, 0.2) is 0 Å². The second kappa shape index (κ2) is 7.56. The molecule has 3 aromatic heterocycles. The highest BCUT2D eigenvalue weighted by Gasteiger charge is 2.35. The molecule has 0 radical (unpaired) electrons. The van der Waals surface area contributed by atoms with Crippen molar-refractivity contribution in [1.29, 1.82) is 0 Å². The zero-order valence-corrected chi connectivity index (χ0v) is 17.3. The van der Waals surface area contributed by atoms with Crippen LogP contribution in [0, 0.1) is 6.92 Å². The monoisotopic (exact) mass is 474 g/mol. The molecule has 0 unspecified atom stereocenters. The van der Waals surface area contributed by atoms with Crippen LogP contribution in [-0.2, 0) is 12.7 Å². The zero-order valence-electron chi connectivity index (χ0n) is 15.0. The van der Waals surface area contributed by atoms with Crippen LogP contribution in [0.15, 0.2) is 24.3 Å². The van der Waals surface area contributed by atoms with Gasteiger partial charge >= 0.3 is 6.18 Å². The van der Waals surface area contributed by atoms with E-state index in [1.54, 1.807) is 41.0 Å². The third kappa shape index (κ3) is 4.00. The Kier molecular flexibility index (Phi) is 5.20. The number of aryl methyl sites for hydroxylation is 1. The molecule has 0 bridgehead atoms. The maximum atomic E-state index is 12.6. The second-order valence-corrected chi connectivity index (χ2v) is 8.14. The second-order valence-electron chi connectivity index (χ2n) is 6.27. The minimum absolute atomic E-state index is 0.278. The maximum Gasteiger partial charge on any atom is 0.451 e. The SMILES string of the molecule is Cc1nn(Cc2ccc(Cl)cc2Cl)c2sc(C(=O)Nc3n[nH]c(C(F)(F)F)n3)cc12. The summed E-state index contributed by atoms with van der Waals surface area (Å²) in [4.78, 5) is 16.7. The molecule has 1 amide bonds. The van der Waals surface area contributed by atoms with Gasteiger partial charge in [-0.3, -0.25) is 19.9 Å². The highest BCUT2D eigenvalue weighted by molar-refractivity contribution is 7.20. The summed E-state index contributed by atoms with van der Waals surface area (Å²) in [6.07, 6.45) is -4.68. The van der Waals surface area contributed by atoms with Crippen molar-refractivity contribution in [3.05, 3.63) is 56.3 Å². The summed E-state index contributed by atoms with van der Waals surface area (Å²) in [5.74, 6) is -2.38. The Morgan fingerprint density at radius 3 is 2.73 bits per heavy atom. The number of aromatic amines is 1. The average molecular weight is 475 g/mol. The molecule has 2 N–H and O–H groups in total. The number of aromatic nitrogens is 5. The lowest BCUT2D eigenvalue weighted by Crippen LogP contribution is -2.12. The molecule has 3 heterocycles. The molecule has 0 fully saturated rings. The predicted octanol–water partition coefficient (Wildman–Crippen LogP) is 5.15. The van der Waals surface area contributed by atoms with Gasteiger partial charge < -0.3 is 0 Å². The van der Waals surface area contributed by atoms with E-state index < -0.39 is 23.9 Å². The van der Waals surface area contributed by atoms with Crippen LogP contribution in [0.3, 0.4) is 0 Å². The number of alkyl halides is 3. The van der Waals surface area contributed by atoms with E-state index in [9.17, 15) is 18.0 Å². The molecular formula is C17H11Cl2F3N6OS. The van der Waals surface area contributed by atoms with Crippen molar-refractivity contribution in [1.82, 2.24) is 25.0 Å². The molecule has 30 heavy (non-hydrogen) atoms. The first kappa shape index (κ1) is 20.6. The van der Waals surface area contributed by atoms with Crippen molar-refractivity contribution < 1.29 is 18.0 Å². The van der Waals surface area contributed by atoms with Crippen molar-refractivity contribution in [2.24, 2.45) is 0 Å². The van der Waals surface area contributed by atoms with Gasteiger partial charge in [0.25, 0.3) is 5.91 Å². The van der Waals surface area contributed by atoms with Crippen molar-refractivity contribution in [2.75, 3.05) is 5.32 Å². The molecule has 4 rings (SSSR count). The molecule has 0 spiro atoms. The molecule has 7 nitrogen and oxygen atoms in total. The van der Waals surface area contributed by atoms with Gasteiger partial charge in [-0.15, -0.1) is 16.4 Å². The van der Waals surface area contributed by atoms with Crippen LogP contribution in [0.4, 0.5) is 19.1 Å². The highest BCUT2D eigenvalue weighted by atomic mass is 35.5. The molecule has 4 aromatic rings. The summed E-state index contributed by atoms with van der Waals surface area (Å²) in [5.41, 5.74) is 1.49. The number of fused-ring (bicyclic) bond motifs is 1. The van der Waals surface area contributed by atoms with Crippen LogP contribution in [0.5, 0.6) is 0 Å². The van der Waals surface area contributed by atoms with E-state index in [1.807, 2.05) is 0 Å². The van der Waals surface area contributed by atoms with Crippen LogP contribution in [0.2, 0.25) is 10.0 Å². The summed E-state index contributed by atoms with van der Waals surface area (Å²) in [5, 5.41) is 13.6. The fraction of sp³-hybridized carbons (Fsp3) is 0.176. The minimum Gasteiger partial charge on any atom is -0.288 e. The Labute approximate surface area is 180 Å². The molecule has 0 aliphatic heterocycles.